The molecule has 3 nitrogen and oxygen atoms in total. The van der Waals surface area contributed by atoms with Gasteiger partial charge >= 0.3 is 5.97 Å². The summed E-state index contributed by atoms with van der Waals surface area (Å²) in [5.74, 6) is -3.29. The van der Waals surface area contributed by atoms with Crippen LogP contribution >= 0.6 is 0 Å². The van der Waals surface area contributed by atoms with Crippen molar-refractivity contribution in [2.75, 3.05) is 6.61 Å². The summed E-state index contributed by atoms with van der Waals surface area (Å²) in [7, 11) is 0. The zero-order valence-corrected chi connectivity index (χ0v) is 10.4. The third kappa shape index (κ3) is 2.89. The Balaban J connectivity index is 2.15. The predicted octanol–water partition coefficient (Wildman–Crippen LogP) is 2.46. The second-order valence-corrected chi connectivity index (χ2v) is 4.38. The minimum Gasteiger partial charge on any atom is -0.465 e. The van der Waals surface area contributed by atoms with E-state index < -0.39 is 35.5 Å². The van der Waals surface area contributed by atoms with Crippen molar-refractivity contribution in [3.8, 4) is 0 Å². The maximum absolute atomic E-state index is 13.6. The average Bonchev–Trinajstić information content (AvgIpc) is 2.77. The predicted molar refractivity (Wildman–Crippen MR) is 61.8 cm³/mol. The van der Waals surface area contributed by atoms with Gasteiger partial charge in [-0.05, 0) is 19.8 Å². The summed E-state index contributed by atoms with van der Waals surface area (Å²) in [4.78, 5) is 11.5. The van der Waals surface area contributed by atoms with E-state index >= 15 is 0 Å². The maximum atomic E-state index is 13.6. The summed E-state index contributed by atoms with van der Waals surface area (Å²) in [6.07, 6.45) is 0.822. The molecule has 0 bridgehead atoms. The summed E-state index contributed by atoms with van der Waals surface area (Å²) < 4.78 is 44.9. The first kappa shape index (κ1) is 13.9. The molecular formula is C13H14F3NO2. The van der Waals surface area contributed by atoms with E-state index in [0.29, 0.717) is 25.0 Å². The molecule has 1 aromatic rings. The van der Waals surface area contributed by atoms with Crippen molar-refractivity contribution in [3.05, 3.63) is 35.1 Å². The summed E-state index contributed by atoms with van der Waals surface area (Å²) in [6, 6.07) is 0.0547. The number of carbonyl (C=O) groups is 1. The molecule has 2 atom stereocenters. The first-order valence-corrected chi connectivity index (χ1v) is 6.10. The van der Waals surface area contributed by atoms with Crippen LogP contribution in [0.25, 0.3) is 0 Å². The molecule has 2 rings (SSSR count). The fraction of sp³-hybridized carbons (Fsp3) is 0.462. The van der Waals surface area contributed by atoms with Crippen LogP contribution in [0, 0.1) is 17.5 Å². The van der Waals surface area contributed by atoms with Crippen molar-refractivity contribution in [1.82, 2.24) is 5.32 Å². The number of carbonyl (C=O) groups excluding carboxylic acids is 1. The zero-order valence-electron chi connectivity index (χ0n) is 10.4. The highest BCUT2D eigenvalue weighted by molar-refractivity contribution is 5.76. The van der Waals surface area contributed by atoms with E-state index in [1.54, 1.807) is 6.92 Å². The van der Waals surface area contributed by atoms with Crippen molar-refractivity contribution >= 4 is 5.97 Å². The van der Waals surface area contributed by atoms with Gasteiger partial charge in [0.25, 0.3) is 0 Å². The molecule has 1 aliphatic heterocycles. The molecule has 19 heavy (non-hydrogen) atoms. The lowest BCUT2D eigenvalue weighted by Gasteiger charge is -2.15. The average molecular weight is 273 g/mol. The Morgan fingerprint density at radius 3 is 2.53 bits per heavy atom. The van der Waals surface area contributed by atoms with Gasteiger partial charge in [-0.1, -0.05) is 0 Å². The van der Waals surface area contributed by atoms with Crippen LogP contribution in [0.4, 0.5) is 13.2 Å². The van der Waals surface area contributed by atoms with Gasteiger partial charge < -0.3 is 4.74 Å². The number of hydrogen-bond acceptors (Lipinski definition) is 3. The molecule has 0 spiro atoms. The molecule has 104 valence electrons. The molecule has 1 N–H and O–H groups in total. The normalized spacial score (nSPS) is 22.5. The Morgan fingerprint density at radius 1 is 1.32 bits per heavy atom. The van der Waals surface area contributed by atoms with Gasteiger partial charge in [0, 0.05) is 23.7 Å². The Bertz CT molecular complexity index is 470. The van der Waals surface area contributed by atoms with Crippen LogP contribution < -0.4 is 5.32 Å². The van der Waals surface area contributed by atoms with Crippen LogP contribution in [0.3, 0.4) is 0 Å². The summed E-state index contributed by atoms with van der Waals surface area (Å²) >= 11 is 0. The number of benzene rings is 1. The highest BCUT2D eigenvalue weighted by atomic mass is 19.1. The highest BCUT2D eigenvalue weighted by Gasteiger charge is 2.33. The van der Waals surface area contributed by atoms with E-state index in [4.69, 9.17) is 4.74 Å². The van der Waals surface area contributed by atoms with Gasteiger partial charge in [0.05, 0.1) is 6.61 Å². The third-order valence-corrected chi connectivity index (χ3v) is 3.11. The first-order chi connectivity index (χ1) is 9.02. The van der Waals surface area contributed by atoms with Crippen LogP contribution in [-0.4, -0.2) is 18.6 Å². The molecule has 0 unspecified atom stereocenters. The molecule has 0 aliphatic carbocycles. The topological polar surface area (TPSA) is 38.3 Å². The molecular weight excluding hydrogens is 259 g/mol. The van der Waals surface area contributed by atoms with E-state index in [1.165, 1.54) is 0 Å². The molecule has 1 aromatic carbocycles. The first-order valence-electron chi connectivity index (χ1n) is 6.10. The second kappa shape index (κ2) is 5.61. The Hall–Kier alpha value is -1.56. The molecule has 0 radical (unpaired) electrons. The van der Waals surface area contributed by atoms with Crippen molar-refractivity contribution in [3.63, 3.8) is 0 Å². The highest BCUT2D eigenvalue weighted by Crippen LogP contribution is 2.31. The van der Waals surface area contributed by atoms with E-state index in [0.717, 1.165) is 0 Å². The molecule has 1 aliphatic rings. The Kier molecular flexibility index (Phi) is 4.09. The number of esters is 1. The van der Waals surface area contributed by atoms with Gasteiger partial charge in [-0.25, -0.2) is 13.2 Å². The van der Waals surface area contributed by atoms with Crippen LogP contribution in [0.1, 0.15) is 31.4 Å². The zero-order chi connectivity index (χ0) is 14.0. The van der Waals surface area contributed by atoms with Gasteiger partial charge in [-0.15, -0.1) is 0 Å². The van der Waals surface area contributed by atoms with Crippen molar-refractivity contribution in [2.24, 2.45) is 0 Å². The molecule has 1 heterocycles. The van der Waals surface area contributed by atoms with E-state index in [1.807, 2.05) is 0 Å². The van der Waals surface area contributed by atoms with Gasteiger partial charge in [0.1, 0.15) is 23.5 Å². The Morgan fingerprint density at radius 2 is 1.95 bits per heavy atom. The van der Waals surface area contributed by atoms with Gasteiger partial charge in [0.15, 0.2) is 0 Å². The lowest BCUT2D eigenvalue weighted by molar-refractivity contribution is -0.145. The molecule has 1 fully saturated rings. The Labute approximate surface area is 108 Å². The fourth-order valence-electron chi connectivity index (χ4n) is 2.29. The molecule has 6 heteroatoms. The van der Waals surface area contributed by atoms with Crippen LogP contribution in [0.15, 0.2) is 12.1 Å². The fourth-order valence-corrected chi connectivity index (χ4v) is 2.29. The van der Waals surface area contributed by atoms with E-state index in [9.17, 15) is 18.0 Å². The quantitative estimate of drug-likeness (QED) is 0.860. The lowest BCUT2D eigenvalue weighted by Crippen LogP contribution is -2.34. The van der Waals surface area contributed by atoms with Gasteiger partial charge in [-0.3, -0.25) is 10.1 Å². The van der Waals surface area contributed by atoms with E-state index in [-0.39, 0.29) is 12.2 Å². The SMILES string of the molecule is CCOC(=O)[C@H]1CC[C@@H](c2c(F)cc(F)cc2F)N1. The van der Waals surface area contributed by atoms with Crippen molar-refractivity contribution in [2.45, 2.75) is 31.8 Å². The van der Waals surface area contributed by atoms with Crippen LogP contribution in [0.2, 0.25) is 0 Å². The number of ether oxygens (including phenoxy) is 1. The van der Waals surface area contributed by atoms with Crippen molar-refractivity contribution in [1.29, 1.82) is 0 Å². The largest absolute Gasteiger partial charge is 0.465 e. The summed E-state index contributed by atoms with van der Waals surface area (Å²) in [5.41, 5.74) is -0.229. The van der Waals surface area contributed by atoms with E-state index in [2.05, 4.69) is 5.32 Å². The van der Waals surface area contributed by atoms with Crippen LogP contribution in [-0.2, 0) is 9.53 Å². The van der Waals surface area contributed by atoms with Gasteiger partial charge in [-0.2, -0.15) is 0 Å². The number of halogens is 3. The standard InChI is InChI=1S/C13H14F3NO2/c1-2-19-13(18)11-4-3-10(17-11)12-8(15)5-7(14)6-9(12)16/h5-6,10-11,17H,2-4H2,1H3/t10-,11+/m0/s1. The molecule has 0 aromatic heterocycles. The number of hydrogen-bond donors (Lipinski definition) is 1. The smallest absolute Gasteiger partial charge is 0.323 e. The second-order valence-electron chi connectivity index (χ2n) is 4.38. The molecule has 1 saturated heterocycles. The molecule has 0 saturated carbocycles. The van der Waals surface area contributed by atoms with Crippen LogP contribution in [0.5, 0.6) is 0 Å². The minimum atomic E-state index is -0.960. The minimum absolute atomic E-state index is 0.229. The number of rotatable bonds is 3. The monoisotopic (exact) mass is 273 g/mol. The van der Waals surface area contributed by atoms with Gasteiger partial charge in [0.2, 0.25) is 0 Å². The van der Waals surface area contributed by atoms with Crippen molar-refractivity contribution < 1.29 is 22.7 Å². The summed E-state index contributed by atoms with van der Waals surface area (Å²) in [6.45, 7) is 1.94. The lowest BCUT2D eigenvalue weighted by atomic mass is 10.0. The summed E-state index contributed by atoms with van der Waals surface area (Å²) in [5, 5.41) is 2.82. The maximum Gasteiger partial charge on any atom is 0.323 e. The third-order valence-electron chi connectivity index (χ3n) is 3.11. The molecule has 0 amide bonds. The number of nitrogens with one attached hydrogen (secondary N) is 1.